The summed E-state index contributed by atoms with van der Waals surface area (Å²) in [6.07, 6.45) is 7.15. The number of hydrazine groups is 1. The number of amides is 2. The van der Waals surface area contributed by atoms with Crippen molar-refractivity contribution in [1.82, 2.24) is 15.8 Å². The van der Waals surface area contributed by atoms with Gasteiger partial charge in [-0.1, -0.05) is 18.6 Å². The van der Waals surface area contributed by atoms with Crippen molar-refractivity contribution >= 4 is 17.8 Å². The second-order valence-electron chi connectivity index (χ2n) is 9.16. The van der Waals surface area contributed by atoms with Gasteiger partial charge in [-0.2, -0.15) is 0 Å². The monoisotopic (exact) mass is 458 g/mol. The van der Waals surface area contributed by atoms with Gasteiger partial charge in [-0.15, -0.1) is 0 Å². The number of esters is 1. The molecule has 1 aromatic rings. The van der Waals surface area contributed by atoms with Gasteiger partial charge in [0.1, 0.15) is 6.04 Å². The standard InChI is InChI=1S/C25H38N4O4/c1-2-33-25(32)21-12-6-18(7-13-21)16-22(24(31)28-29-14-4-3-5-15-29)27-23(30)20-10-8-19(17-26)9-11-20/h6-7,12-13,19-20,22H,2-5,8-11,14-17,26H2,1H3,(H,27,30)(H,28,31)/t19?,20?,22-/m0/s1. The first kappa shape index (κ1) is 25.2. The second-order valence-corrected chi connectivity index (χ2v) is 9.16. The summed E-state index contributed by atoms with van der Waals surface area (Å²) in [5, 5.41) is 4.96. The van der Waals surface area contributed by atoms with Crippen molar-refractivity contribution in [3.63, 3.8) is 0 Å². The van der Waals surface area contributed by atoms with Crippen LogP contribution in [0.25, 0.3) is 0 Å². The third kappa shape index (κ3) is 7.54. The summed E-state index contributed by atoms with van der Waals surface area (Å²) in [5.41, 5.74) is 10.1. The summed E-state index contributed by atoms with van der Waals surface area (Å²) in [6.45, 7) is 4.39. The molecule has 3 rings (SSSR count). The van der Waals surface area contributed by atoms with E-state index in [1.165, 1.54) is 6.42 Å². The van der Waals surface area contributed by atoms with Gasteiger partial charge in [-0.05, 0) is 75.6 Å². The Morgan fingerprint density at radius 2 is 1.73 bits per heavy atom. The molecule has 0 radical (unpaired) electrons. The van der Waals surface area contributed by atoms with Gasteiger partial charge in [-0.25, -0.2) is 9.80 Å². The number of nitrogens with one attached hydrogen (secondary N) is 2. The van der Waals surface area contributed by atoms with Crippen molar-refractivity contribution in [1.29, 1.82) is 0 Å². The highest BCUT2D eigenvalue weighted by Gasteiger charge is 2.30. The van der Waals surface area contributed by atoms with E-state index in [9.17, 15) is 14.4 Å². The fourth-order valence-electron chi connectivity index (χ4n) is 4.63. The molecule has 8 nitrogen and oxygen atoms in total. The molecule has 182 valence electrons. The predicted molar refractivity (Wildman–Crippen MR) is 126 cm³/mol. The predicted octanol–water partition coefficient (Wildman–Crippen LogP) is 2.17. The molecule has 1 aliphatic carbocycles. The summed E-state index contributed by atoms with van der Waals surface area (Å²) in [7, 11) is 0. The van der Waals surface area contributed by atoms with E-state index < -0.39 is 6.04 Å². The van der Waals surface area contributed by atoms with Crippen LogP contribution in [0.1, 0.15) is 67.8 Å². The molecule has 2 fully saturated rings. The Labute approximate surface area is 196 Å². The molecule has 1 saturated carbocycles. The lowest BCUT2D eigenvalue weighted by molar-refractivity contribution is -0.134. The number of ether oxygens (including phenoxy) is 1. The highest BCUT2D eigenvalue weighted by molar-refractivity contribution is 5.90. The van der Waals surface area contributed by atoms with Gasteiger partial charge in [-0.3, -0.25) is 15.0 Å². The molecule has 1 aromatic carbocycles. The van der Waals surface area contributed by atoms with E-state index in [0.717, 1.165) is 57.2 Å². The largest absolute Gasteiger partial charge is 0.462 e. The molecule has 1 atom stereocenters. The van der Waals surface area contributed by atoms with Crippen LogP contribution in [0.15, 0.2) is 24.3 Å². The quantitative estimate of drug-likeness (QED) is 0.489. The number of carbonyl (C=O) groups excluding carboxylic acids is 3. The van der Waals surface area contributed by atoms with Crippen LogP contribution in [0.5, 0.6) is 0 Å². The molecular formula is C25H38N4O4. The maximum absolute atomic E-state index is 13.1. The van der Waals surface area contributed by atoms with Gasteiger partial charge >= 0.3 is 5.97 Å². The van der Waals surface area contributed by atoms with E-state index in [0.29, 0.717) is 31.1 Å². The van der Waals surface area contributed by atoms with Crippen LogP contribution >= 0.6 is 0 Å². The van der Waals surface area contributed by atoms with Gasteiger partial charge in [0.05, 0.1) is 12.2 Å². The maximum atomic E-state index is 13.1. The molecule has 0 spiro atoms. The van der Waals surface area contributed by atoms with E-state index in [4.69, 9.17) is 10.5 Å². The highest BCUT2D eigenvalue weighted by Crippen LogP contribution is 2.28. The van der Waals surface area contributed by atoms with Crippen LogP contribution in [-0.4, -0.2) is 55.1 Å². The number of carbonyl (C=O) groups is 3. The normalized spacial score (nSPS) is 22.2. The zero-order valence-electron chi connectivity index (χ0n) is 19.7. The Hall–Kier alpha value is -2.45. The van der Waals surface area contributed by atoms with E-state index >= 15 is 0 Å². The minimum Gasteiger partial charge on any atom is -0.462 e. The Morgan fingerprint density at radius 3 is 2.33 bits per heavy atom. The zero-order valence-corrected chi connectivity index (χ0v) is 19.7. The minimum atomic E-state index is -0.680. The lowest BCUT2D eigenvalue weighted by Crippen LogP contribution is -2.55. The van der Waals surface area contributed by atoms with Crippen LogP contribution in [-0.2, 0) is 20.7 Å². The number of hydrogen-bond donors (Lipinski definition) is 3. The van der Waals surface area contributed by atoms with Crippen molar-refractivity contribution in [3.8, 4) is 0 Å². The molecule has 0 bridgehead atoms. The highest BCUT2D eigenvalue weighted by atomic mass is 16.5. The number of hydrogen-bond acceptors (Lipinski definition) is 6. The SMILES string of the molecule is CCOC(=O)c1ccc(C[C@H](NC(=O)C2CCC(CN)CC2)C(=O)NN2CCCCC2)cc1. The summed E-state index contributed by atoms with van der Waals surface area (Å²) in [6, 6.07) is 6.34. The lowest BCUT2D eigenvalue weighted by Gasteiger charge is -2.31. The van der Waals surface area contributed by atoms with E-state index in [2.05, 4.69) is 10.7 Å². The molecular weight excluding hydrogens is 420 g/mol. The van der Waals surface area contributed by atoms with Crippen LogP contribution in [0.3, 0.4) is 0 Å². The summed E-state index contributed by atoms with van der Waals surface area (Å²) < 4.78 is 5.03. The molecule has 0 unspecified atom stereocenters. The molecule has 8 heteroatoms. The number of nitrogens with two attached hydrogens (primary N) is 1. The van der Waals surface area contributed by atoms with Gasteiger partial charge in [0, 0.05) is 25.4 Å². The van der Waals surface area contributed by atoms with E-state index in [-0.39, 0.29) is 23.7 Å². The van der Waals surface area contributed by atoms with Gasteiger partial charge in [0.15, 0.2) is 0 Å². The molecule has 2 amide bonds. The third-order valence-electron chi connectivity index (χ3n) is 6.71. The average Bonchev–Trinajstić information content (AvgIpc) is 2.84. The molecule has 1 saturated heterocycles. The van der Waals surface area contributed by atoms with Crippen LogP contribution < -0.4 is 16.5 Å². The fourth-order valence-corrected chi connectivity index (χ4v) is 4.63. The fraction of sp³-hybridized carbons (Fsp3) is 0.640. The van der Waals surface area contributed by atoms with Crippen LogP contribution in [0, 0.1) is 11.8 Å². The first-order valence-electron chi connectivity index (χ1n) is 12.3. The number of benzene rings is 1. The summed E-state index contributed by atoms with van der Waals surface area (Å²) in [5.74, 6) is -0.220. The first-order valence-corrected chi connectivity index (χ1v) is 12.3. The second kappa shape index (κ2) is 12.7. The van der Waals surface area contributed by atoms with Crippen LogP contribution in [0.4, 0.5) is 0 Å². The molecule has 1 aliphatic heterocycles. The number of nitrogens with zero attached hydrogens (tertiary/aromatic N) is 1. The minimum absolute atomic E-state index is 0.0626. The van der Waals surface area contributed by atoms with Gasteiger partial charge < -0.3 is 15.8 Å². The average molecular weight is 459 g/mol. The zero-order chi connectivity index (χ0) is 23.6. The van der Waals surface area contributed by atoms with E-state index in [1.54, 1.807) is 19.1 Å². The Kier molecular flexibility index (Phi) is 9.69. The Morgan fingerprint density at radius 1 is 1.06 bits per heavy atom. The first-order chi connectivity index (χ1) is 16.0. The maximum Gasteiger partial charge on any atom is 0.338 e. The van der Waals surface area contributed by atoms with Crippen molar-refractivity contribution in [2.45, 2.75) is 64.3 Å². The Bertz CT molecular complexity index is 784. The van der Waals surface area contributed by atoms with Crippen molar-refractivity contribution in [3.05, 3.63) is 35.4 Å². The third-order valence-corrected chi connectivity index (χ3v) is 6.71. The topological polar surface area (TPSA) is 114 Å². The van der Waals surface area contributed by atoms with Crippen molar-refractivity contribution in [2.75, 3.05) is 26.2 Å². The van der Waals surface area contributed by atoms with Crippen molar-refractivity contribution < 1.29 is 19.1 Å². The summed E-state index contributed by atoms with van der Waals surface area (Å²) in [4.78, 5) is 38.1. The number of piperidine rings is 1. The summed E-state index contributed by atoms with van der Waals surface area (Å²) >= 11 is 0. The molecule has 4 N–H and O–H groups in total. The lowest BCUT2D eigenvalue weighted by atomic mass is 9.81. The Balaban J connectivity index is 1.66. The van der Waals surface area contributed by atoms with Crippen LogP contribution in [0.2, 0.25) is 0 Å². The molecule has 0 aromatic heterocycles. The van der Waals surface area contributed by atoms with E-state index in [1.807, 2.05) is 17.1 Å². The molecule has 1 heterocycles. The molecule has 2 aliphatic rings. The van der Waals surface area contributed by atoms with Gasteiger partial charge in [0.2, 0.25) is 5.91 Å². The van der Waals surface area contributed by atoms with Gasteiger partial charge in [0.25, 0.3) is 5.91 Å². The smallest absolute Gasteiger partial charge is 0.338 e. The molecule has 33 heavy (non-hydrogen) atoms. The number of rotatable bonds is 9. The van der Waals surface area contributed by atoms with Crippen molar-refractivity contribution in [2.24, 2.45) is 17.6 Å².